The highest BCUT2D eigenvalue weighted by atomic mass is 16.2. The fourth-order valence-electron chi connectivity index (χ4n) is 5.73. The molecule has 0 radical (unpaired) electrons. The van der Waals surface area contributed by atoms with Crippen LogP contribution in [0.5, 0.6) is 0 Å². The van der Waals surface area contributed by atoms with Crippen LogP contribution in [0.1, 0.15) is 69.4 Å². The summed E-state index contributed by atoms with van der Waals surface area (Å²) in [6, 6.07) is 9.45. The Bertz CT molecular complexity index is 842. The van der Waals surface area contributed by atoms with Crippen molar-refractivity contribution in [2.24, 2.45) is 4.99 Å². The maximum Gasteiger partial charge on any atom is 0.346 e. The van der Waals surface area contributed by atoms with Crippen molar-refractivity contribution in [3.8, 4) is 0 Å². The molecule has 6 aliphatic heterocycles. The maximum atomic E-state index is 13.0. The lowest BCUT2D eigenvalue weighted by Crippen LogP contribution is -2.61. The van der Waals surface area contributed by atoms with E-state index in [-0.39, 0.29) is 11.6 Å². The van der Waals surface area contributed by atoms with Crippen LogP contribution in [0.25, 0.3) is 5.57 Å². The van der Waals surface area contributed by atoms with Crippen molar-refractivity contribution in [3.63, 3.8) is 0 Å². The molecule has 2 fully saturated rings. The highest BCUT2D eigenvalue weighted by molar-refractivity contribution is 6.06. The molecule has 1 aliphatic carbocycles. The van der Waals surface area contributed by atoms with Crippen LogP contribution in [-0.4, -0.2) is 52.9 Å². The molecule has 6 heterocycles. The SMILES string of the molecule is C/C1=C/CCN2C(=O)N=C(NC3CCCCC3)C23CCN(CC3)Cc2ccc1cc2. The summed E-state index contributed by atoms with van der Waals surface area (Å²) in [6.07, 6.45) is 11.4. The van der Waals surface area contributed by atoms with Crippen LogP contribution in [0.4, 0.5) is 4.79 Å². The van der Waals surface area contributed by atoms with E-state index in [1.807, 2.05) is 0 Å². The Kier molecular flexibility index (Phi) is 5.40. The first-order valence-electron chi connectivity index (χ1n) is 11.8. The standard InChI is InChI=1S/C25H34N4O/c1-19-6-5-15-29-24(30)27-23(26-22-7-3-2-4-8-22)25(29)13-16-28(17-14-25)18-20-9-11-21(19)12-10-20/h6,9-12,22H,2-5,7-8,13-18H2,1H3,(H,26,27,30)/b19-6-. The minimum Gasteiger partial charge on any atom is -0.369 e. The summed E-state index contributed by atoms with van der Waals surface area (Å²) in [5.74, 6) is 0.968. The van der Waals surface area contributed by atoms with Gasteiger partial charge in [0.2, 0.25) is 0 Å². The Hall–Kier alpha value is -2.14. The molecule has 1 saturated carbocycles. The number of hydrogen-bond acceptors (Lipinski definition) is 3. The Morgan fingerprint density at radius 2 is 1.77 bits per heavy atom. The van der Waals surface area contributed by atoms with Crippen LogP contribution < -0.4 is 5.32 Å². The van der Waals surface area contributed by atoms with Gasteiger partial charge in [-0.15, -0.1) is 0 Å². The Labute approximate surface area is 180 Å². The van der Waals surface area contributed by atoms with Crippen molar-refractivity contribution in [1.82, 2.24) is 15.1 Å². The number of nitrogens with one attached hydrogen (secondary N) is 1. The lowest BCUT2D eigenvalue weighted by Gasteiger charge is -2.46. The average Bonchev–Trinajstić information content (AvgIpc) is 3.01. The lowest BCUT2D eigenvalue weighted by atomic mass is 9.83. The zero-order chi connectivity index (χ0) is 20.6. The van der Waals surface area contributed by atoms with Gasteiger partial charge in [-0.1, -0.05) is 49.6 Å². The Balaban J connectivity index is 1.43. The molecule has 1 aromatic rings. The minimum absolute atomic E-state index is 0.0387. The van der Waals surface area contributed by atoms with Crippen LogP contribution in [0.15, 0.2) is 35.3 Å². The molecule has 1 spiro atoms. The van der Waals surface area contributed by atoms with E-state index in [9.17, 15) is 4.79 Å². The first-order valence-corrected chi connectivity index (χ1v) is 11.8. The number of rotatable bonds is 1. The van der Waals surface area contributed by atoms with Crippen LogP contribution in [0.3, 0.4) is 0 Å². The molecule has 1 N–H and O–H groups in total. The maximum absolute atomic E-state index is 13.0. The fourth-order valence-corrected chi connectivity index (χ4v) is 5.73. The van der Waals surface area contributed by atoms with E-state index < -0.39 is 0 Å². The summed E-state index contributed by atoms with van der Waals surface area (Å²) in [5, 5.41) is 3.76. The molecule has 2 amide bonds. The molecule has 4 bridgehead atoms. The number of amides is 2. The topological polar surface area (TPSA) is 47.9 Å². The summed E-state index contributed by atoms with van der Waals surface area (Å²) >= 11 is 0. The fraction of sp³-hybridized carbons (Fsp3) is 0.600. The Morgan fingerprint density at radius 1 is 1.03 bits per heavy atom. The van der Waals surface area contributed by atoms with E-state index in [0.29, 0.717) is 6.04 Å². The number of allylic oxidation sites excluding steroid dienone is 1. The van der Waals surface area contributed by atoms with Crippen LogP contribution in [0.2, 0.25) is 0 Å². The van der Waals surface area contributed by atoms with Gasteiger partial charge in [-0.05, 0) is 55.7 Å². The second kappa shape index (κ2) is 8.18. The van der Waals surface area contributed by atoms with E-state index in [4.69, 9.17) is 0 Å². The molecule has 30 heavy (non-hydrogen) atoms. The Morgan fingerprint density at radius 3 is 2.50 bits per heavy atom. The zero-order valence-corrected chi connectivity index (χ0v) is 18.2. The predicted octanol–water partition coefficient (Wildman–Crippen LogP) is 4.58. The third kappa shape index (κ3) is 3.68. The normalized spacial score (nSPS) is 31.7. The molecular formula is C25H34N4O. The van der Waals surface area contributed by atoms with Crippen LogP contribution in [0, 0.1) is 0 Å². The predicted molar refractivity (Wildman–Crippen MR) is 121 cm³/mol. The molecule has 7 aliphatic rings. The van der Waals surface area contributed by atoms with Gasteiger partial charge in [0, 0.05) is 32.2 Å². The molecule has 160 valence electrons. The molecule has 5 nitrogen and oxygen atoms in total. The minimum atomic E-state index is -0.237. The summed E-state index contributed by atoms with van der Waals surface area (Å²) in [6.45, 7) is 5.91. The van der Waals surface area contributed by atoms with Gasteiger partial charge in [0.15, 0.2) is 0 Å². The monoisotopic (exact) mass is 406 g/mol. The summed E-state index contributed by atoms with van der Waals surface area (Å²) in [5.41, 5.74) is 3.69. The molecule has 1 saturated heterocycles. The number of piperidine rings is 1. The first-order chi connectivity index (χ1) is 14.6. The number of carbonyl (C=O) groups is 1. The van der Waals surface area contributed by atoms with E-state index in [1.165, 1.54) is 48.8 Å². The van der Waals surface area contributed by atoms with Gasteiger partial charge < -0.3 is 10.2 Å². The van der Waals surface area contributed by atoms with Crippen molar-refractivity contribution in [3.05, 3.63) is 41.5 Å². The molecule has 5 heteroatoms. The number of carbonyl (C=O) groups excluding carboxylic acids is 1. The molecule has 1 aromatic carbocycles. The number of urea groups is 1. The largest absolute Gasteiger partial charge is 0.369 e. The average molecular weight is 407 g/mol. The third-order valence-electron chi connectivity index (χ3n) is 7.64. The molecule has 0 unspecified atom stereocenters. The quantitative estimate of drug-likeness (QED) is 0.742. The summed E-state index contributed by atoms with van der Waals surface area (Å²) in [7, 11) is 0. The number of hydrogen-bond donors (Lipinski definition) is 1. The van der Waals surface area contributed by atoms with Gasteiger partial charge in [0.25, 0.3) is 0 Å². The van der Waals surface area contributed by atoms with Gasteiger partial charge >= 0.3 is 6.03 Å². The van der Waals surface area contributed by atoms with Crippen molar-refractivity contribution in [1.29, 1.82) is 0 Å². The van der Waals surface area contributed by atoms with E-state index in [0.717, 1.165) is 51.3 Å². The number of amidine groups is 1. The lowest BCUT2D eigenvalue weighted by molar-refractivity contribution is 0.0963. The number of nitrogens with zero attached hydrogens (tertiary/aromatic N) is 3. The van der Waals surface area contributed by atoms with Crippen LogP contribution in [-0.2, 0) is 6.54 Å². The van der Waals surface area contributed by atoms with E-state index >= 15 is 0 Å². The second-order valence-corrected chi connectivity index (χ2v) is 9.55. The number of aliphatic imine (C=N–C) groups is 1. The zero-order valence-electron chi connectivity index (χ0n) is 18.2. The van der Waals surface area contributed by atoms with Gasteiger partial charge in [-0.25, -0.2) is 4.79 Å². The molecule has 8 rings (SSSR count). The number of benzene rings is 1. The highest BCUT2D eigenvalue weighted by Gasteiger charge is 2.51. The molecule has 0 aromatic heterocycles. The van der Waals surface area contributed by atoms with Crippen molar-refractivity contribution >= 4 is 17.4 Å². The van der Waals surface area contributed by atoms with Crippen molar-refractivity contribution < 1.29 is 4.79 Å². The van der Waals surface area contributed by atoms with Gasteiger partial charge in [0.1, 0.15) is 11.4 Å². The highest BCUT2D eigenvalue weighted by Crippen LogP contribution is 2.36. The van der Waals surface area contributed by atoms with Crippen molar-refractivity contribution in [2.45, 2.75) is 76.4 Å². The third-order valence-corrected chi connectivity index (χ3v) is 7.64. The van der Waals surface area contributed by atoms with Gasteiger partial charge in [0.05, 0.1) is 0 Å². The molecular weight excluding hydrogens is 372 g/mol. The molecule has 0 atom stereocenters. The summed E-state index contributed by atoms with van der Waals surface area (Å²) in [4.78, 5) is 22.3. The van der Waals surface area contributed by atoms with E-state index in [2.05, 4.69) is 57.4 Å². The van der Waals surface area contributed by atoms with Gasteiger partial charge in [-0.3, -0.25) is 4.90 Å². The van der Waals surface area contributed by atoms with Gasteiger partial charge in [-0.2, -0.15) is 4.99 Å². The van der Waals surface area contributed by atoms with E-state index in [1.54, 1.807) is 0 Å². The second-order valence-electron chi connectivity index (χ2n) is 9.55. The smallest absolute Gasteiger partial charge is 0.346 e. The first kappa shape index (κ1) is 19.8. The van der Waals surface area contributed by atoms with Crippen molar-refractivity contribution in [2.75, 3.05) is 19.6 Å². The van der Waals surface area contributed by atoms with Crippen LogP contribution >= 0.6 is 0 Å². The summed E-state index contributed by atoms with van der Waals surface area (Å²) < 4.78 is 0.